The number of amides is 1. The Balaban J connectivity index is 0. The molecule has 0 heterocycles. The van der Waals surface area contributed by atoms with E-state index in [1.165, 1.54) is 0 Å². The average Bonchev–Trinajstić information content (AvgIpc) is 2.25. The van der Waals surface area contributed by atoms with E-state index in [4.69, 9.17) is 17.2 Å². The SMILES string of the molecule is CCN(CC)C(=O)[C@@H](N)CCCN=C(N)N.Cl. The van der Waals surface area contributed by atoms with Crippen LogP contribution in [0.5, 0.6) is 0 Å². The van der Waals surface area contributed by atoms with Crippen molar-refractivity contribution >= 4 is 24.3 Å². The van der Waals surface area contributed by atoms with E-state index in [1.54, 1.807) is 4.90 Å². The summed E-state index contributed by atoms with van der Waals surface area (Å²) in [5, 5.41) is 0. The first-order valence-electron chi connectivity index (χ1n) is 5.62. The largest absolute Gasteiger partial charge is 0.370 e. The summed E-state index contributed by atoms with van der Waals surface area (Å²) in [6.45, 7) is 5.77. The summed E-state index contributed by atoms with van der Waals surface area (Å²) in [6, 6.07) is -0.450. The van der Waals surface area contributed by atoms with Gasteiger partial charge in [0.05, 0.1) is 6.04 Å². The van der Waals surface area contributed by atoms with Gasteiger partial charge in [0.1, 0.15) is 0 Å². The topological polar surface area (TPSA) is 111 Å². The average molecular weight is 266 g/mol. The Morgan fingerprint density at radius 3 is 2.24 bits per heavy atom. The number of carbonyl (C=O) groups excluding carboxylic acids is 1. The Bertz CT molecular complexity index is 239. The summed E-state index contributed by atoms with van der Waals surface area (Å²) in [4.78, 5) is 17.3. The normalized spacial score (nSPS) is 11.2. The third kappa shape index (κ3) is 7.82. The zero-order chi connectivity index (χ0) is 12.6. The van der Waals surface area contributed by atoms with Crippen molar-refractivity contribution < 1.29 is 4.79 Å². The number of rotatable bonds is 7. The van der Waals surface area contributed by atoms with Gasteiger partial charge in [0.2, 0.25) is 5.91 Å². The Morgan fingerprint density at radius 1 is 1.29 bits per heavy atom. The van der Waals surface area contributed by atoms with Crippen molar-refractivity contribution in [3.05, 3.63) is 0 Å². The van der Waals surface area contributed by atoms with Gasteiger partial charge in [-0.15, -0.1) is 12.4 Å². The molecule has 0 saturated carbocycles. The van der Waals surface area contributed by atoms with Crippen LogP contribution in [0.25, 0.3) is 0 Å². The summed E-state index contributed by atoms with van der Waals surface area (Å²) in [5.41, 5.74) is 16.1. The molecule has 6 nitrogen and oxygen atoms in total. The highest BCUT2D eigenvalue weighted by Gasteiger charge is 2.17. The van der Waals surface area contributed by atoms with Crippen molar-refractivity contribution in [1.82, 2.24) is 4.90 Å². The first-order chi connectivity index (χ1) is 7.52. The molecule has 0 fully saturated rings. The molecule has 7 heteroatoms. The smallest absolute Gasteiger partial charge is 0.239 e. The lowest BCUT2D eigenvalue weighted by Gasteiger charge is -2.22. The first-order valence-corrected chi connectivity index (χ1v) is 5.62. The Morgan fingerprint density at radius 2 is 1.82 bits per heavy atom. The van der Waals surface area contributed by atoms with Crippen molar-refractivity contribution in [1.29, 1.82) is 0 Å². The van der Waals surface area contributed by atoms with Crippen molar-refractivity contribution in [2.75, 3.05) is 19.6 Å². The summed E-state index contributed by atoms with van der Waals surface area (Å²) < 4.78 is 0. The number of guanidine groups is 1. The molecule has 1 amide bonds. The molecule has 6 N–H and O–H groups in total. The maximum Gasteiger partial charge on any atom is 0.239 e. The summed E-state index contributed by atoms with van der Waals surface area (Å²) in [7, 11) is 0. The predicted molar refractivity (Wildman–Crippen MR) is 73.1 cm³/mol. The molecule has 0 rings (SSSR count). The van der Waals surface area contributed by atoms with E-state index < -0.39 is 6.04 Å². The molecule has 102 valence electrons. The number of hydrogen-bond acceptors (Lipinski definition) is 3. The minimum atomic E-state index is -0.450. The van der Waals surface area contributed by atoms with Crippen LogP contribution in [0.15, 0.2) is 4.99 Å². The number of nitrogens with two attached hydrogens (primary N) is 3. The van der Waals surface area contributed by atoms with Crippen LogP contribution in [0, 0.1) is 0 Å². The first kappa shape index (κ1) is 18.4. The number of carbonyl (C=O) groups is 1. The van der Waals surface area contributed by atoms with Crippen LogP contribution >= 0.6 is 12.4 Å². The minimum absolute atomic E-state index is 0. The molecule has 0 saturated heterocycles. The molecule has 0 unspecified atom stereocenters. The lowest BCUT2D eigenvalue weighted by atomic mass is 10.1. The van der Waals surface area contributed by atoms with Crippen molar-refractivity contribution in [2.24, 2.45) is 22.2 Å². The van der Waals surface area contributed by atoms with Gasteiger partial charge in [0.15, 0.2) is 5.96 Å². The zero-order valence-corrected chi connectivity index (χ0v) is 11.4. The lowest BCUT2D eigenvalue weighted by Crippen LogP contribution is -2.43. The third-order valence-electron chi connectivity index (χ3n) is 2.36. The standard InChI is InChI=1S/C10H23N5O.ClH/c1-3-15(4-2)9(16)8(11)6-5-7-14-10(12)13;/h8H,3-7,11H2,1-2H3,(H4,12,13,14);1H/t8-;/m0./s1. The summed E-state index contributed by atoms with van der Waals surface area (Å²) >= 11 is 0. The molecule has 17 heavy (non-hydrogen) atoms. The molecule has 0 aromatic heterocycles. The quantitative estimate of drug-likeness (QED) is 0.332. The molecule has 0 aliphatic rings. The maximum atomic E-state index is 11.7. The van der Waals surface area contributed by atoms with E-state index in [2.05, 4.69) is 4.99 Å². The van der Waals surface area contributed by atoms with Crippen LogP contribution in [0.3, 0.4) is 0 Å². The zero-order valence-electron chi connectivity index (χ0n) is 10.6. The van der Waals surface area contributed by atoms with Crippen LogP contribution in [-0.2, 0) is 4.79 Å². The second-order valence-electron chi connectivity index (χ2n) is 3.57. The molecule has 1 atom stereocenters. The molecule has 0 aliphatic heterocycles. The monoisotopic (exact) mass is 265 g/mol. The van der Waals surface area contributed by atoms with Gasteiger partial charge in [-0.25, -0.2) is 0 Å². The highest BCUT2D eigenvalue weighted by molar-refractivity contribution is 5.85. The lowest BCUT2D eigenvalue weighted by molar-refractivity contribution is -0.132. The summed E-state index contributed by atoms with van der Waals surface area (Å²) in [6.07, 6.45) is 1.32. The third-order valence-corrected chi connectivity index (χ3v) is 2.36. The molecule has 0 spiro atoms. The van der Waals surface area contributed by atoms with Crippen LogP contribution in [0.1, 0.15) is 26.7 Å². The molecule has 0 radical (unpaired) electrons. The van der Waals surface area contributed by atoms with E-state index in [0.717, 1.165) is 0 Å². The number of aliphatic imine (C=N–C) groups is 1. The molecule has 0 aliphatic carbocycles. The van der Waals surface area contributed by atoms with Crippen molar-refractivity contribution in [3.8, 4) is 0 Å². The number of halogens is 1. The van der Waals surface area contributed by atoms with Gasteiger partial charge in [-0.1, -0.05) is 0 Å². The fraction of sp³-hybridized carbons (Fsp3) is 0.800. The fourth-order valence-electron chi connectivity index (χ4n) is 1.41. The number of likely N-dealkylation sites (N-methyl/N-ethyl adjacent to an activating group) is 1. The van der Waals surface area contributed by atoms with E-state index >= 15 is 0 Å². The van der Waals surface area contributed by atoms with E-state index in [0.29, 0.717) is 32.5 Å². The van der Waals surface area contributed by atoms with Crippen LogP contribution in [-0.4, -0.2) is 42.4 Å². The highest BCUT2D eigenvalue weighted by Crippen LogP contribution is 2.00. The second kappa shape index (κ2) is 10.2. The van der Waals surface area contributed by atoms with E-state index in [1.807, 2.05) is 13.8 Å². The van der Waals surface area contributed by atoms with Gasteiger partial charge in [-0.05, 0) is 26.7 Å². The molecule has 0 aromatic carbocycles. The maximum absolute atomic E-state index is 11.7. The minimum Gasteiger partial charge on any atom is -0.370 e. The van der Waals surface area contributed by atoms with Gasteiger partial charge in [0.25, 0.3) is 0 Å². The van der Waals surface area contributed by atoms with Crippen molar-refractivity contribution in [2.45, 2.75) is 32.7 Å². The Hall–Kier alpha value is -1.01. The molecular weight excluding hydrogens is 242 g/mol. The van der Waals surface area contributed by atoms with Gasteiger partial charge < -0.3 is 22.1 Å². The van der Waals surface area contributed by atoms with Crippen LogP contribution in [0.2, 0.25) is 0 Å². The van der Waals surface area contributed by atoms with E-state index in [9.17, 15) is 4.79 Å². The Kier molecular flexibility index (Phi) is 11.0. The summed E-state index contributed by atoms with van der Waals surface area (Å²) in [5.74, 6) is 0.0679. The van der Waals surface area contributed by atoms with Gasteiger partial charge in [-0.3, -0.25) is 9.79 Å². The number of nitrogens with zero attached hydrogens (tertiary/aromatic N) is 2. The van der Waals surface area contributed by atoms with Crippen LogP contribution in [0.4, 0.5) is 0 Å². The van der Waals surface area contributed by atoms with Gasteiger partial charge >= 0.3 is 0 Å². The predicted octanol–water partition coefficient (Wildman–Crippen LogP) is -0.342. The molecule has 0 bridgehead atoms. The van der Waals surface area contributed by atoms with Gasteiger partial charge in [-0.2, -0.15) is 0 Å². The van der Waals surface area contributed by atoms with Crippen molar-refractivity contribution in [3.63, 3.8) is 0 Å². The molecule has 0 aromatic rings. The Labute approximate surface area is 109 Å². The van der Waals surface area contributed by atoms with E-state index in [-0.39, 0.29) is 24.3 Å². The number of hydrogen-bond donors (Lipinski definition) is 3. The fourth-order valence-corrected chi connectivity index (χ4v) is 1.41. The van der Waals surface area contributed by atoms with Crippen LogP contribution < -0.4 is 17.2 Å². The highest BCUT2D eigenvalue weighted by atomic mass is 35.5. The molecular formula is C10H24ClN5O. The van der Waals surface area contributed by atoms with Gasteiger partial charge in [0, 0.05) is 19.6 Å². The second-order valence-corrected chi connectivity index (χ2v) is 3.57.